The highest BCUT2D eigenvalue weighted by molar-refractivity contribution is 6.31. The van der Waals surface area contributed by atoms with Crippen LogP contribution in [0.5, 0.6) is 0 Å². The van der Waals surface area contributed by atoms with E-state index in [4.69, 9.17) is 16.3 Å². The highest BCUT2D eigenvalue weighted by Gasteiger charge is 2.36. The summed E-state index contributed by atoms with van der Waals surface area (Å²) in [7, 11) is 0. The van der Waals surface area contributed by atoms with Crippen LogP contribution in [0.3, 0.4) is 0 Å². The summed E-state index contributed by atoms with van der Waals surface area (Å²) >= 11 is 6.11. The molecule has 1 saturated heterocycles. The van der Waals surface area contributed by atoms with Gasteiger partial charge in [0.1, 0.15) is 17.5 Å². The van der Waals surface area contributed by atoms with Crippen molar-refractivity contribution in [3.63, 3.8) is 0 Å². The number of amides is 2. The van der Waals surface area contributed by atoms with Crippen molar-refractivity contribution in [3.05, 3.63) is 34.6 Å². The van der Waals surface area contributed by atoms with Gasteiger partial charge in [-0.2, -0.15) is 0 Å². The predicted octanol–water partition coefficient (Wildman–Crippen LogP) is 4.62. The van der Waals surface area contributed by atoms with Gasteiger partial charge in [0.05, 0.1) is 6.54 Å². The summed E-state index contributed by atoms with van der Waals surface area (Å²) in [5, 5.41) is 0.286. The number of likely N-dealkylation sites (N-methyl/N-ethyl adjacent to an activating group) is 1. The van der Waals surface area contributed by atoms with Crippen molar-refractivity contribution in [2.45, 2.75) is 65.1 Å². The molecule has 1 aliphatic rings. The van der Waals surface area contributed by atoms with Crippen molar-refractivity contribution in [1.82, 2.24) is 9.80 Å². The number of likely N-dealkylation sites (tertiary alicyclic amines) is 1. The van der Waals surface area contributed by atoms with E-state index in [0.29, 0.717) is 19.5 Å². The Balaban J connectivity index is 2.19. The Bertz CT molecular complexity index is 670. The van der Waals surface area contributed by atoms with Crippen LogP contribution in [0, 0.1) is 5.82 Å². The monoisotopic (exact) mass is 398 g/mol. The van der Waals surface area contributed by atoms with E-state index < -0.39 is 23.6 Å². The lowest BCUT2D eigenvalue weighted by molar-refractivity contribution is -0.138. The normalized spacial score (nSPS) is 17.6. The van der Waals surface area contributed by atoms with Gasteiger partial charge in [0, 0.05) is 23.7 Å². The fraction of sp³-hybridized carbons (Fsp3) is 0.600. The zero-order valence-electron chi connectivity index (χ0n) is 16.4. The summed E-state index contributed by atoms with van der Waals surface area (Å²) in [6, 6.07) is 3.86. The number of ether oxygens (including phenoxy) is 1. The second kappa shape index (κ2) is 8.91. The second-order valence-corrected chi connectivity index (χ2v) is 8.15. The molecule has 1 aliphatic heterocycles. The molecule has 0 N–H and O–H groups in total. The standard InChI is InChI=1S/C20H28ClFN2O3/c1-5-23(13-14-15(21)9-8-10-16(14)22)18(25)17-11-6-7-12-24(17)19(26)27-20(2,3)4/h8-10,17H,5-7,11-13H2,1-4H3. The summed E-state index contributed by atoms with van der Waals surface area (Å²) in [5.74, 6) is -0.649. The van der Waals surface area contributed by atoms with Gasteiger partial charge < -0.3 is 9.64 Å². The molecule has 0 aromatic heterocycles. The molecule has 0 bridgehead atoms. The predicted molar refractivity (Wildman–Crippen MR) is 103 cm³/mol. The fourth-order valence-corrected chi connectivity index (χ4v) is 3.38. The quantitative estimate of drug-likeness (QED) is 0.743. The minimum Gasteiger partial charge on any atom is -0.444 e. The molecule has 0 aliphatic carbocycles. The van der Waals surface area contributed by atoms with Gasteiger partial charge in [0.25, 0.3) is 0 Å². The van der Waals surface area contributed by atoms with Crippen molar-refractivity contribution in [2.24, 2.45) is 0 Å². The molecule has 27 heavy (non-hydrogen) atoms. The van der Waals surface area contributed by atoms with E-state index in [0.717, 1.165) is 12.8 Å². The topological polar surface area (TPSA) is 49.9 Å². The largest absolute Gasteiger partial charge is 0.444 e. The third-order valence-corrected chi connectivity index (χ3v) is 4.87. The highest BCUT2D eigenvalue weighted by atomic mass is 35.5. The van der Waals surface area contributed by atoms with Crippen LogP contribution in [0.25, 0.3) is 0 Å². The molecule has 0 saturated carbocycles. The zero-order chi connectivity index (χ0) is 20.2. The van der Waals surface area contributed by atoms with E-state index in [2.05, 4.69) is 0 Å². The Morgan fingerprint density at radius 1 is 1.33 bits per heavy atom. The van der Waals surface area contributed by atoms with Crippen LogP contribution in [0.15, 0.2) is 18.2 Å². The van der Waals surface area contributed by atoms with Crippen molar-refractivity contribution in [1.29, 1.82) is 0 Å². The van der Waals surface area contributed by atoms with Crippen LogP contribution in [-0.4, -0.2) is 46.5 Å². The van der Waals surface area contributed by atoms with Crippen LogP contribution < -0.4 is 0 Å². The van der Waals surface area contributed by atoms with Gasteiger partial charge in [-0.25, -0.2) is 9.18 Å². The van der Waals surface area contributed by atoms with Crippen LogP contribution in [0.1, 0.15) is 52.5 Å². The number of hydrogen-bond donors (Lipinski definition) is 0. The summed E-state index contributed by atoms with van der Waals surface area (Å²) in [6.45, 7) is 8.15. The number of rotatable bonds is 4. The molecule has 1 atom stereocenters. The molecule has 1 aromatic rings. The SMILES string of the molecule is CCN(Cc1c(F)cccc1Cl)C(=O)C1CCCCN1C(=O)OC(C)(C)C. The number of benzene rings is 1. The number of nitrogens with zero attached hydrogens (tertiary/aromatic N) is 2. The molecule has 1 heterocycles. The van der Waals surface area contributed by atoms with E-state index in [1.165, 1.54) is 21.9 Å². The molecule has 0 radical (unpaired) electrons. The highest BCUT2D eigenvalue weighted by Crippen LogP contribution is 2.25. The lowest BCUT2D eigenvalue weighted by Crippen LogP contribution is -2.54. The zero-order valence-corrected chi connectivity index (χ0v) is 17.2. The lowest BCUT2D eigenvalue weighted by atomic mass is 10.0. The van der Waals surface area contributed by atoms with Gasteiger partial charge in [0.2, 0.25) is 5.91 Å². The number of carbonyl (C=O) groups excluding carboxylic acids is 2. The first kappa shape index (κ1) is 21.5. The van der Waals surface area contributed by atoms with Crippen LogP contribution in [-0.2, 0) is 16.1 Å². The van der Waals surface area contributed by atoms with Gasteiger partial charge in [-0.1, -0.05) is 17.7 Å². The van der Waals surface area contributed by atoms with Gasteiger partial charge >= 0.3 is 6.09 Å². The summed E-state index contributed by atoms with van der Waals surface area (Å²) in [6.07, 6.45) is 1.77. The number of hydrogen-bond acceptors (Lipinski definition) is 3. The Kier molecular flexibility index (Phi) is 7.09. The van der Waals surface area contributed by atoms with Crippen molar-refractivity contribution in [2.75, 3.05) is 13.1 Å². The number of piperidine rings is 1. The first-order valence-corrected chi connectivity index (χ1v) is 9.73. The molecule has 0 spiro atoms. The van der Waals surface area contributed by atoms with Crippen molar-refractivity contribution < 1.29 is 18.7 Å². The van der Waals surface area contributed by atoms with Crippen LogP contribution in [0.2, 0.25) is 5.02 Å². The number of carbonyl (C=O) groups is 2. The van der Waals surface area contributed by atoms with E-state index in [1.54, 1.807) is 26.8 Å². The van der Waals surface area contributed by atoms with Gasteiger partial charge in [-0.05, 0) is 59.1 Å². The molecule has 1 aromatic carbocycles. The van der Waals surface area contributed by atoms with Gasteiger partial charge in [-0.15, -0.1) is 0 Å². The molecule has 2 rings (SSSR count). The first-order chi connectivity index (χ1) is 12.6. The Hall–Kier alpha value is -1.82. The molecule has 2 amide bonds. The molecule has 1 fully saturated rings. The fourth-order valence-electron chi connectivity index (χ4n) is 3.16. The molecular formula is C20H28ClFN2O3. The third kappa shape index (κ3) is 5.58. The molecule has 7 heteroatoms. The smallest absolute Gasteiger partial charge is 0.410 e. The summed E-state index contributed by atoms with van der Waals surface area (Å²) in [4.78, 5) is 28.7. The summed E-state index contributed by atoms with van der Waals surface area (Å²) < 4.78 is 19.6. The molecular weight excluding hydrogens is 371 g/mol. The average Bonchev–Trinajstić information content (AvgIpc) is 2.59. The van der Waals surface area contributed by atoms with E-state index in [9.17, 15) is 14.0 Å². The third-order valence-electron chi connectivity index (χ3n) is 4.52. The second-order valence-electron chi connectivity index (χ2n) is 7.74. The van der Waals surface area contributed by atoms with Crippen molar-refractivity contribution >= 4 is 23.6 Å². The molecule has 1 unspecified atom stereocenters. The molecule has 150 valence electrons. The minimum absolute atomic E-state index is 0.0689. The van der Waals surface area contributed by atoms with Gasteiger partial charge in [0.15, 0.2) is 0 Å². The van der Waals surface area contributed by atoms with E-state index in [-0.39, 0.29) is 23.0 Å². The van der Waals surface area contributed by atoms with Gasteiger partial charge in [-0.3, -0.25) is 9.69 Å². The maximum absolute atomic E-state index is 14.1. The lowest BCUT2D eigenvalue weighted by Gasteiger charge is -2.38. The van der Waals surface area contributed by atoms with Crippen LogP contribution >= 0.6 is 11.6 Å². The van der Waals surface area contributed by atoms with Crippen molar-refractivity contribution in [3.8, 4) is 0 Å². The first-order valence-electron chi connectivity index (χ1n) is 9.35. The minimum atomic E-state index is -0.632. The van der Waals surface area contributed by atoms with E-state index in [1.807, 2.05) is 6.92 Å². The van der Waals surface area contributed by atoms with E-state index >= 15 is 0 Å². The molecule has 5 nitrogen and oxygen atoms in total. The van der Waals surface area contributed by atoms with Crippen LogP contribution in [0.4, 0.5) is 9.18 Å². The maximum atomic E-state index is 14.1. The maximum Gasteiger partial charge on any atom is 0.410 e. The number of halogens is 2. The summed E-state index contributed by atoms with van der Waals surface area (Å²) in [5.41, 5.74) is -0.346. The Labute approximate surface area is 165 Å². The Morgan fingerprint density at radius 3 is 2.63 bits per heavy atom. The average molecular weight is 399 g/mol. The Morgan fingerprint density at radius 2 is 2.04 bits per heavy atom.